The first-order valence-electron chi connectivity index (χ1n) is 12.4. The molecule has 1 aromatic carbocycles. The van der Waals surface area contributed by atoms with Crippen molar-refractivity contribution in [3.05, 3.63) is 71.9 Å². The predicted molar refractivity (Wildman–Crippen MR) is 143 cm³/mol. The van der Waals surface area contributed by atoms with Crippen LogP contribution < -0.4 is 21.4 Å². The smallest absolute Gasteiger partial charge is 0.227 e. The molecule has 0 radical (unpaired) electrons. The second-order valence-corrected chi connectivity index (χ2v) is 9.45. The summed E-state index contributed by atoms with van der Waals surface area (Å²) in [5.41, 5.74) is 2.48. The van der Waals surface area contributed by atoms with Crippen LogP contribution in [0.15, 0.2) is 54.8 Å². The number of nitrogens with two attached hydrogens (primary N) is 1. The fourth-order valence-electron chi connectivity index (χ4n) is 4.14. The van der Waals surface area contributed by atoms with E-state index in [1.165, 1.54) is 25.0 Å². The van der Waals surface area contributed by atoms with E-state index in [9.17, 15) is 4.39 Å². The number of piperazine rings is 1. The lowest BCUT2D eigenvalue weighted by atomic mass is 10.1. The number of likely N-dealkylation sites (N-methyl/N-ethyl adjacent to an activating group) is 1. The number of allylic oxidation sites excluding steroid dienone is 2. The van der Waals surface area contributed by atoms with Crippen molar-refractivity contribution in [1.29, 1.82) is 0 Å². The van der Waals surface area contributed by atoms with E-state index in [2.05, 4.69) is 49.2 Å². The Labute approximate surface area is 215 Å². The van der Waals surface area contributed by atoms with Gasteiger partial charge in [-0.05, 0) is 49.2 Å². The maximum Gasteiger partial charge on any atom is 0.227 e. The zero-order valence-electron chi connectivity index (χ0n) is 20.9. The summed E-state index contributed by atoms with van der Waals surface area (Å²) in [5, 5.41) is 14.0. The van der Waals surface area contributed by atoms with Crippen molar-refractivity contribution in [2.24, 2.45) is 5.90 Å². The SMILES string of the molecule is C=C(/C=C(/CNc1nc(Nc2cc(C3CC3)n[nH]2)cc(N2CCN(C)CC2)n1)ON)c1ccc(F)cc1. The minimum atomic E-state index is -0.307. The van der Waals surface area contributed by atoms with Crippen molar-refractivity contribution in [3.63, 3.8) is 0 Å². The monoisotopic (exact) mass is 505 g/mol. The molecule has 1 saturated carbocycles. The van der Waals surface area contributed by atoms with Crippen molar-refractivity contribution in [2.45, 2.75) is 18.8 Å². The molecule has 37 heavy (non-hydrogen) atoms. The Bertz CT molecular complexity index is 1260. The summed E-state index contributed by atoms with van der Waals surface area (Å²) < 4.78 is 13.3. The van der Waals surface area contributed by atoms with Gasteiger partial charge in [0.05, 0.1) is 12.2 Å². The van der Waals surface area contributed by atoms with Crippen LogP contribution in [-0.4, -0.2) is 64.8 Å². The highest BCUT2D eigenvalue weighted by molar-refractivity contribution is 5.72. The normalized spacial score (nSPS) is 16.5. The fourth-order valence-corrected chi connectivity index (χ4v) is 4.14. The lowest BCUT2D eigenvalue weighted by Gasteiger charge is -2.33. The van der Waals surface area contributed by atoms with Crippen LogP contribution in [0.1, 0.15) is 30.0 Å². The molecule has 1 saturated heterocycles. The highest BCUT2D eigenvalue weighted by atomic mass is 19.1. The largest absolute Gasteiger partial charge is 0.414 e. The zero-order valence-corrected chi connectivity index (χ0v) is 20.9. The van der Waals surface area contributed by atoms with E-state index in [0.29, 0.717) is 29.0 Å². The van der Waals surface area contributed by atoms with Gasteiger partial charge in [-0.25, -0.2) is 4.39 Å². The summed E-state index contributed by atoms with van der Waals surface area (Å²) in [4.78, 5) is 19.0. The number of hydrogen-bond donors (Lipinski definition) is 4. The first-order chi connectivity index (χ1) is 18.0. The number of halogens is 1. The lowest BCUT2D eigenvalue weighted by molar-refractivity contribution is 0.220. The van der Waals surface area contributed by atoms with E-state index in [0.717, 1.165) is 49.1 Å². The third-order valence-corrected chi connectivity index (χ3v) is 6.52. The van der Waals surface area contributed by atoms with E-state index < -0.39 is 0 Å². The van der Waals surface area contributed by atoms with Crippen molar-refractivity contribution in [2.75, 3.05) is 55.3 Å². The molecule has 2 aromatic heterocycles. The first-order valence-corrected chi connectivity index (χ1v) is 12.4. The topological polar surface area (TPSA) is 120 Å². The van der Waals surface area contributed by atoms with Crippen LogP contribution in [0.4, 0.5) is 27.8 Å². The molecule has 2 fully saturated rings. The number of H-pyrrole nitrogens is 1. The number of anilines is 4. The third kappa shape index (κ3) is 6.43. The molecular formula is C26H32FN9O. The zero-order chi connectivity index (χ0) is 25.8. The van der Waals surface area contributed by atoms with Crippen molar-refractivity contribution in [1.82, 2.24) is 25.1 Å². The molecule has 5 rings (SSSR count). The summed E-state index contributed by atoms with van der Waals surface area (Å²) in [6, 6.07) is 10.1. The van der Waals surface area contributed by atoms with Crippen LogP contribution in [0.25, 0.3) is 5.57 Å². The van der Waals surface area contributed by atoms with E-state index in [4.69, 9.17) is 15.7 Å². The Hall–Kier alpha value is -3.96. The van der Waals surface area contributed by atoms with Crippen LogP contribution in [0, 0.1) is 5.82 Å². The Balaban J connectivity index is 1.33. The molecular weight excluding hydrogens is 473 g/mol. The second kappa shape index (κ2) is 11.0. The quantitative estimate of drug-likeness (QED) is 0.186. The first kappa shape index (κ1) is 24.7. The number of hydrogen-bond acceptors (Lipinski definition) is 9. The molecule has 1 aliphatic heterocycles. The minimum Gasteiger partial charge on any atom is -0.414 e. The van der Waals surface area contributed by atoms with Gasteiger partial charge in [0, 0.05) is 44.2 Å². The Morgan fingerprint density at radius 1 is 1.19 bits per heavy atom. The van der Waals surface area contributed by atoms with Gasteiger partial charge in [0.1, 0.15) is 29.0 Å². The summed E-state index contributed by atoms with van der Waals surface area (Å²) in [5.74, 6) is 8.89. The predicted octanol–water partition coefficient (Wildman–Crippen LogP) is 3.61. The van der Waals surface area contributed by atoms with Gasteiger partial charge in [0.15, 0.2) is 0 Å². The molecule has 11 heteroatoms. The summed E-state index contributed by atoms with van der Waals surface area (Å²) in [6.07, 6.45) is 4.08. The van der Waals surface area contributed by atoms with Crippen molar-refractivity contribution in [3.8, 4) is 0 Å². The molecule has 0 spiro atoms. The molecule has 10 nitrogen and oxygen atoms in total. The number of rotatable bonds is 10. The van der Waals surface area contributed by atoms with Crippen molar-refractivity contribution < 1.29 is 9.23 Å². The van der Waals surface area contributed by atoms with Gasteiger partial charge in [-0.1, -0.05) is 18.7 Å². The molecule has 2 aliphatic rings. The van der Waals surface area contributed by atoms with Crippen molar-refractivity contribution >= 4 is 29.0 Å². The van der Waals surface area contributed by atoms with Gasteiger partial charge in [-0.2, -0.15) is 21.0 Å². The Morgan fingerprint density at radius 2 is 1.95 bits per heavy atom. The lowest BCUT2D eigenvalue weighted by Crippen LogP contribution is -2.44. The molecule has 0 bridgehead atoms. The maximum absolute atomic E-state index is 13.3. The highest BCUT2D eigenvalue weighted by Crippen LogP contribution is 2.39. The molecule has 194 valence electrons. The second-order valence-electron chi connectivity index (χ2n) is 9.45. The molecule has 0 atom stereocenters. The van der Waals surface area contributed by atoms with Gasteiger partial charge in [0.25, 0.3) is 0 Å². The molecule has 0 unspecified atom stereocenters. The number of nitrogens with zero attached hydrogens (tertiary/aromatic N) is 5. The summed E-state index contributed by atoms with van der Waals surface area (Å²) >= 11 is 0. The number of benzene rings is 1. The van der Waals surface area contributed by atoms with Crippen LogP contribution in [0.3, 0.4) is 0 Å². The average molecular weight is 506 g/mol. The Kier molecular flexibility index (Phi) is 7.33. The fraction of sp³-hybridized carbons (Fsp3) is 0.346. The number of aromatic nitrogens is 4. The van der Waals surface area contributed by atoms with E-state index >= 15 is 0 Å². The summed E-state index contributed by atoms with van der Waals surface area (Å²) in [7, 11) is 2.12. The van der Waals surface area contributed by atoms with E-state index in [-0.39, 0.29) is 12.4 Å². The average Bonchev–Trinajstić information content (AvgIpc) is 3.65. The van der Waals surface area contributed by atoms with Crippen LogP contribution in [0.5, 0.6) is 0 Å². The minimum absolute atomic E-state index is 0.234. The van der Waals surface area contributed by atoms with Crippen LogP contribution in [0.2, 0.25) is 0 Å². The molecule has 3 heterocycles. The molecule has 3 aromatic rings. The van der Waals surface area contributed by atoms with E-state index in [1.54, 1.807) is 18.2 Å². The number of aromatic amines is 1. The highest BCUT2D eigenvalue weighted by Gasteiger charge is 2.26. The van der Waals surface area contributed by atoms with Gasteiger partial charge < -0.3 is 25.3 Å². The number of nitrogens with one attached hydrogen (secondary N) is 3. The third-order valence-electron chi connectivity index (χ3n) is 6.52. The standard InChI is InChI=1S/C26H32FN9O/c1-17(18-5-7-20(27)8-6-18)13-21(37-28)16-29-26-31-23(30-24-14-22(33-34-24)19-3-4-19)15-25(32-26)36-11-9-35(2)10-12-36/h5-8,13-15,19H,1,3-4,9-12,16,28H2,2H3,(H3,29,30,31,32,33,34)/b21-13-. The van der Waals surface area contributed by atoms with Gasteiger partial charge in [-0.15, -0.1) is 0 Å². The molecule has 1 aliphatic carbocycles. The van der Waals surface area contributed by atoms with Gasteiger partial charge in [-0.3, -0.25) is 5.10 Å². The van der Waals surface area contributed by atoms with Crippen LogP contribution >= 0.6 is 0 Å². The molecule has 0 amide bonds. The van der Waals surface area contributed by atoms with E-state index in [1.807, 2.05) is 12.1 Å². The molecule has 5 N–H and O–H groups in total. The van der Waals surface area contributed by atoms with Gasteiger partial charge >= 0.3 is 0 Å². The summed E-state index contributed by atoms with van der Waals surface area (Å²) in [6.45, 7) is 7.93. The van der Waals surface area contributed by atoms with Crippen LogP contribution in [-0.2, 0) is 4.84 Å². The maximum atomic E-state index is 13.3. The van der Waals surface area contributed by atoms with Gasteiger partial charge in [0.2, 0.25) is 5.95 Å². The Morgan fingerprint density at radius 3 is 2.65 bits per heavy atom.